The Morgan fingerprint density at radius 3 is 2.00 bits per heavy atom. The molecule has 0 heterocycles. The van der Waals surface area contributed by atoms with Gasteiger partial charge >= 0.3 is 0 Å². The van der Waals surface area contributed by atoms with Crippen molar-refractivity contribution in [3.05, 3.63) is 81.4 Å². The van der Waals surface area contributed by atoms with E-state index in [2.05, 4.69) is 45.6 Å². The summed E-state index contributed by atoms with van der Waals surface area (Å²) >= 11 is 0. The molecule has 4 nitrogen and oxygen atoms in total. The molecule has 0 spiro atoms. The molecular formula is C20H25NO3Si. The zero-order chi connectivity index (χ0) is 18.6. The average Bonchev–Trinajstić information content (AvgIpc) is 2.55. The van der Waals surface area contributed by atoms with Gasteiger partial charge in [0, 0.05) is 12.1 Å². The minimum atomic E-state index is -1.68. The summed E-state index contributed by atoms with van der Waals surface area (Å²) in [7, 11) is -1.68. The minimum absolute atomic E-state index is 0.0166. The van der Waals surface area contributed by atoms with E-state index in [1.54, 1.807) is 12.1 Å². The van der Waals surface area contributed by atoms with Crippen molar-refractivity contribution in [2.24, 2.45) is 0 Å². The number of non-ortho nitro benzene ring substituents is 1. The van der Waals surface area contributed by atoms with Crippen LogP contribution in [-0.4, -0.2) is 19.3 Å². The first-order chi connectivity index (χ1) is 11.7. The van der Waals surface area contributed by atoms with Gasteiger partial charge in [-0.15, -0.1) is 0 Å². The second kappa shape index (κ2) is 7.76. The van der Waals surface area contributed by atoms with E-state index in [-0.39, 0.29) is 16.7 Å². The smallest absolute Gasteiger partial charge is 0.269 e. The highest BCUT2D eigenvalue weighted by atomic mass is 28.4. The van der Waals surface area contributed by atoms with Crippen molar-refractivity contribution in [1.82, 2.24) is 0 Å². The molecular weight excluding hydrogens is 330 g/mol. The number of nitro benzene ring substituents is 1. The van der Waals surface area contributed by atoms with Crippen LogP contribution in [0.1, 0.15) is 25.0 Å². The van der Waals surface area contributed by atoms with Crippen LogP contribution in [0, 0.1) is 10.1 Å². The quantitative estimate of drug-likeness (QED) is 0.382. The summed E-state index contributed by atoms with van der Waals surface area (Å²) in [6, 6.07) is 16.8. The van der Waals surface area contributed by atoms with Crippen LogP contribution in [0.3, 0.4) is 0 Å². The van der Waals surface area contributed by atoms with Gasteiger partial charge in [0.2, 0.25) is 0 Å². The fraction of sp³-hybridized carbons (Fsp3) is 0.300. The van der Waals surface area contributed by atoms with Crippen LogP contribution in [0.2, 0.25) is 19.6 Å². The molecule has 2 aromatic carbocycles. The standard InChI is InChI=1S/C20H25NO3Si/c1-15(16(2)24-25(3,4)5)20(17-9-7-6-8-10-17)18-11-13-19(14-12-18)21(22)23/h6-14,16H,1-5H3/b20-15-. The minimum Gasteiger partial charge on any atom is -0.411 e. The van der Waals surface area contributed by atoms with Gasteiger partial charge in [0.1, 0.15) is 0 Å². The predicted octanol–water partition coefficient (Wildman–Crippen LogP) is 5.66. The maximum atomic E-state index is 10.9. The molecule has 1 unspecified atom stereocenters. The largest absolute Gasteiger partial charge is 0.411 e. The van der Waals surface area contributed by atoms with Crippen LogP contribution < -0.4 is 0 Å². The number of rotatable bonds is 6. The second-order valence-corrected chi connectivity index (χ2v) is 11.6. The van der Waals surface area contributed by atoms with E-state index in [1.807, 2.05) is 30.3 Å². The van der Waals surface area contributed by atoms with Crippen LogP contribution in [0.4, 0.5) is 5.69 Å². The average molecular weight is 356 g/mol. The summed E-state index contributed by atoms with van der Waals surface area (Å²) in [5.74, 6) is 0. The molecule has 0 amide bonds. The SMILES string of the molecule is C/C(=C(\c1ccccc1)c1ccc([N+](=O)[O-])cc1)C(C)O[Si](C)(C)C. The van der Waals surface area contributed by atoms with E-state index in [1.165, 1.54) is 0 Å². The summed E-state index contributed by atoms with van der Waals surface area (Å²) in [6.45, 7) is 10.7. The van der Waals surface area contributed by atoms with E-state index >= 15 is 0 Å². The second-order valence-electron chi connectivity index (χ2n) is 7.10. The zero-order valence-corrected chi connectivity index (χ0v) is 16.4. The van der Waals surface area contributed by atoms with Crippen molar-refractivity contribution in [3.63, 3.8) is 0 Å². The van der Waals surface area contributed by atoms with Gasteiger partial charge in [0.15, 0.2) is 8.32 Å². The Balaban J connectivity index is 2.54. The van der Waals surface area contributed by atoms with Gasteiger partial charge in [-0.25, -0.2) is 0 Å². The van der Waals surface area contributed by atoms with E-state index in [0.717, 1.165) is 22.3 Å². The molecule has 1 atom stereocenters. The molecule has 0 saturated carbocycles. The third-order valence-electron chi connectivity index (χ3n) is 3.96. The number of nitro groups is 1. The van der Waals surface area contributed by atoms with Gasteiger partial charge in [0.05, 0.1) is 11.0 Å². The summed E-state index contributed by atoms with van der Waals surface area (Å²) in [6.07, 6.45) is -0.0166. The lowest BCUT2D eigenvalue weighted by molar-refractivity contribution is -0.384. The summed E-state index contributed by atoms with van der Waals surface area (Å²) in [5, 5.41) is 10.9. The maximum Gasteiger partial charge on any atom is 0.269 e. The van der Waals surface area contributed by atoms with Crippen molar-refractivity contribution in [2.75, 3.05) is 0 Å². The van der Waals surface area contributed by atoms with Crippen molar-refractivity contribution in [3.8, 4) is 0 Å². The van der Waals surface area contributed by atoms with Crippen molar-refractivity contribution >= 4 is 19.6 Å². The molecule has 25 heavy (non-hydrogen) atoms. The highest BCUT2D eigenvalue weighted by Crippen LogP contribution is 2.31. The highest BCUT2D eigenvalue weighted by Gasteiger charge is 2.22. The normalized spacial score (nSPS) is 14.0. The molecule has 0 saturated heterocycles. The number of benzene rings is 2. The van der Waals surface area contributed by atoms with E-state index < -0.39 is 8.32 Å². The van der Waals surface area contributed by atoms with Crippen LogP contribution in [0.5, 0.6) is 0 Å². The first kappa shape index (κ1) is 19.1. The highest BCUT2D eigenvalue weighted by molar-refractivity contribution is 6.69. The monoisotopic (exact) mass is 355 g/mol. The Bertz CT molecular complexity index is 762. The number of nitrogens with zero attached hydrogens (tertiary/aromatic N) is 1. The van der Waals surface area contributed by atoms with E-state index in [0.29, 0.717) is 0 Å². The Morgan fingerprint density at radius 1 is 1.00 bits per heavy atom. The first-order valence-electron chi connectivity index (χ1n) is 8.38. The third-order valence-corrected chi connectivity index (χ3v) is 5.02. The van der Waals surface area contributed by atoms with Crippen LogP contribution in [-0.2, 0) is 4.43 Å². The van der Waals surface area contributed by atoms with Crippen LogP contribution in [0.15, 0.2) is 60.2 Å². The molecule has 0 aliphatic carbocycles. The van der Waals surface area contributed by atoms with Gasteiger partial charge in [-0.1, -0.05) is 30.3 Å². The summed E-state index contributed by atoms with van der Waals surface area (Å²) in [5.41, 5.74) is 4.34. The molecule has 0 aromatic heterocycles. The fourth-order valence-corrected chi connectivity index (χ4v) is 4.04. The van der Waals surface area contributed by atoms with Crippen molar-refractivity contribution in [2.45, 2.75) is 39.6 Å². The summed E-state index contributed by atoms with van der Waals surface area (Å²) < 4.78 is 6.26. The lowest BCUT2D eigenvalue weighted by atomic mass is 9.91. The lowest BCUT2D eigenvalue weighted by Gasteiger charge is -2.26. The van der Waals surface area contributed by atoms with Crippen molar-refractivity contribution in [1.29, 1.82) is 0 Å². The molecule has 132 valence electrons. The predicted molar refractivity (Wildman–Crippen MR) is 105 cm³/mol. The van der Waals surface area contributed by atoms with Gasteiger partial charge in [0.25, 0.3) is 5.69 Å². The van der Waals surface area contributed by atoms with E-state index in [9.17, 15) is 10.1 Å². The zero-order valence-electron chi connectivity index (χ0n) is 15.4. The number of hydrogen-bond donors (Lipinski definition) is 0. The molecule has 0 aliphatic heterocycles. The van der Waals surface area contributed by atoms with Crippen molar-refractivity contribution < 1.29 is 9.35 Å². The Hall–Kier alpha value is -2.24. The summed E-state index contributed by atoms with van der Waals surface area (Å²) in [4.78, 5) is 10.6. The molecule has 5 heteroatoms. The fourth-order valence-electron chi connectivity index (χ4n) is 2.80. The molecule has 0 radical (unpaired) electrons. The molecule has 0 N–H and O–H groups in total. The molecule has 2 aromatic rings. The molecule has 0 bridgehead atoms. The van der Waals surface area contributed by atoms with Gasteiger partial charge in [-0.05, 0) is 67.9 Å². The number of hydrogen-bond acceptors (Lipinski definition) is 3. The van der Waals surface area contributed by atoms with Gasteiger partial charge in [-0.2, -0.15) is 0 Å². The maximum absolute atomic E-state index is 10.9. The lowest BCUT2D eigenvalue weighted by Crippen LogP contribution is -2.31. The van der Waals surface area contributed by atoms with Crippen LogP contribution in [0.25, 0.3) is 5.57 Å². The van der Waals surface area contributed by atoms with Crippen LogP contribution >= 0.6 is 0 Å². The Labute approximate surface area is 150 Å². The molecule has 0 fully saturated rings. The first-order valence-corrected chi connectivity index (χ1v) is 11.8. The molecule has 0 aliphatic rings. The topological polar surface area (TPSA) is 52.4 Å². The third kappa shape index (κ3) is 5.11. The Morgan fingerprint density at radius 2 is 1.52 bits per heavy atom. The van der Waals surface area contributed by atoms with Gasteiger partial charge in [-0.3, -0.25) is 10.1 Å². The molecule has 2 rings (SSSR count). The van der Waals surface area contributed by atoms with Gasteiger partial charge < -0.3 is 4.43 Å². The Kier molecular flexibility index (Phi) is 5.92. The van der Waals surface area contributed by atoms with E-state index in [4.69, 9.17) is 4.43 Å².